The Kier molecular flexibility index (Phi) is 7.64. The highest BCUT2D eigenvalue weighted by Gasteiger charge is 2.43. The molecule has 1 heterocycles. The minimum Gasteiger partial charge on any atom is -0.494 e. The summed E-state index contributed by atoms with van der Waals surface area (Å²) in [5.74, 6) is -0.477. The fraction of sp³-hybridized carbons (Fsp3) is 0.440. The normalized spacial score (nSPS) is 19.8. The molecule has 2 unspecified atom stereocenters. The van der Waals surface area contributed by atoms with Crippen molar-refractivity contribution in [1.29, 1.82) is 0 Å². The second-order valence-corrected chi connectivity index (χ2v) is 8.97. The number of hydrogen-bond acceptors (Lipinski definition) is 4. The van der Waals surface area contributed by atoms with Crippen LogP contribution in [0.4, 0.5) is 18.0 Å². The van der Waals surface area contributed by atoms with Gasteiger partial charge in [0.25, 0.3) is 0 Å². The van der Waals surface area contributed by atoms with E-state index in [0.29, 0.717) is 30.7 Å². The number of carboxylic acid groups (broad SMARTS) is 1. The van der Waals surface area contributed by atoms with Crippen LogP contribution in [0.25, 0.3) is 0 Å². The van der Waals surface area contributed by atoms with E-state index in [2.05, 4.69) is 5.32 Å². The first-order valence-electron chi connectivity index (χ1n) is 11.1. The number of benzene rings is 2. The Hall–Kier alpha value is -3.27. The lowest BCUT2D eigenvalue weighted by Crippen LogP contribution is -2.48. The zero-order valence-electron chi connectivity index (χ0n) is 19.8. The van der Waals surface area contributed by atoms with Crippen LogP contribution in [0, 0.1) is 0 Å². The van der Waals surface area contributed by atoms with Crippen molar-refractivity contribution in [2.24, 2.45) is 0 Å². The number of urea groups is 1. The molecule has 2 amide bonds. The zero-order valence-corrected chi connectivity index (χ0v) is 19.8. The average molecular weight is 495 g/mol. The molecule has 1 fully saturated rings. The number of carbonyl (C=O) groups excluding carboxylic acids is 1. The molecule has 7 nitrogen and oxygen atoms in total. The van der Waals surface area contributed by atoms with E-state index in [9.17, 15) is 27.9 Å². The van der Waals surface area contributed by atoms with Crippen molar-refractivity contribution in [2.45, 2.75) is 43.5 Å². The van der Waals surface area contributed by atoms with Gasteiger partial charge in [-0.1, -0.05) is 24.3 Å². The maximum absolute atomic E-state index is 12.9. The van der Waals surface area contributed by atoms with Crippen LogP contribution in [0.2, 0.25) is 0 Å². The number of hydrogen-bond donors (Lipinski definition) is 2. The number of rotatable bonds is 10. The largest absolute Gasteiger partial charge is 0.494 e. The number of carbonyl (C=O) groups is 2. The van der Waals surface area contributed by atoms with Crippen LogP contribution in [-0.2, 0) is 28.5 Å². The Morgan fingerprint density at radius 3 is 2.20 bits per heavy atom. The van der Waals surface area contributed by atoms with E-state index in [4.69, 9.17) is 9.47 Å². The van der Waals surface area contributed by atoms with Crippen molar-refractivity contribution in [3.05, 3.63) is 65.2 Å². The van der Waals surface area contributed by atoms with Crippen molar-refractivity contribution in [1.82, 2.24) is 10.2 Å². The molecule has 1 aliphatic heterocycles. The van der Waals surface area contributed by atoms with E-state index >= 15 is 0 Å². The van der Waals surface area contributed by atoms with Crippen LogP contribution in [0.3, 0.4) is 0 Å². The van der Waals surface area contributed by atoms with Crippen molar-refractivity contribution < 1.29 is 37.3 Å². The maximum atomic E-state index is 12.9. The van der Waals surface area contributed by atoms with Gasteiger partial charge in [-0.3, -0.25) is 0 Å². The van der Waals surface area contributed by atoms with Gasteiger partial charge in [-0.15, -0.1) is 0 Å². The third-order valence-electron chi connectivity index (χ3n) is 6.60. The zero-order chi connectivity index (χ0) is 25.9. The summed E-state index contributed by atoms with van der Waals surface area (Å²) < 4.78 is 49.7. The second kappa shape index (κ2) is 10.2. The summed E-state index contributed by atoms with van der Waals surface area (Å²) in [4.78, 5) is 25.2. The van der Waals surface area contributed by atoms with Gasteiger partial charge < -0.3 is 24.8 Å². The molecule has 3 rings (SSSR count). The number of carboxylic acids is 1. The summed E-state index contributed by atoms with van der Waals surface area (Å²) in [5.41, 5.74) is -1.25. The summed E-state index contributed by atoms with van der Waals surface area (Å²) in [5, 5.41) is 12.2. The standard InChI is InChI=1S/C25H29F3N2O5/c1-23(34-3,21(31)32)14-17-6-10-20(11-7-17)35-13-12-24(16-29-22(33)30(24)2)15-18-4-8-19(9-5-18)25(26,27)28/h4-11H,12-16H2,1-3H3,(H,29,33)(H,31,32). The first-order chi connectivity index (χ1) is 16.4. The van der Waals surface area contributed by atoms with Gasteiger partial charge in [-0.25, -0.2) is 9.59 Å². The van der Waals surface area contributed by atoms with Gasteiger partial charge >= 0.3 is 18.2 Å². The summed E-state index contributed by atoms with van der Waals surface area (Å²) in [6, 6.07) is 11.7. The first kappa shape index (κ1) is 26.3. The second-order valence-electron chi connectivity index (χ2n) is 8.97. The number of aliphatic carboxylic acids is 1. The molecular weight excluding hydrogens is 465 g/mol. The first-order valence-corrected chi connectivity index (χ1v) is 11.1. The SMILES string of the molecule is COC(C)(Cc1ccc(OCCC2(Cc3ccc(C(F)(F)F)cc3)CNC(=O)N2C)cc1)C(=O)O. The van der Waals surface area contributed by atoms with Gasteiger partial charge in [0.2, 0.25) is 0 Å². The number of ether oxygens (including phenoxy) is 2. The Morgan fingerprint density at radius 1 is 1.11 bits per heavy atom. The fourth-order valence-electron chi connectivity index (χ4n) is 4.10. The molecule has 0 bridgehead atoms. The van der Waals surface area contributed by atoms with Crippen molar-refractivity contribution >= 4 is 12.0 Å². The van der Waals surface area contributed by atoms with E-state index in [1.807, 2.05) is 0 Å². The predicted molar refractivity (Wildman–Crippen MR) is 122 cm³/mol. The molecule has 10 heteroatoms. The minimum absolute atomic E-state index is 0.188. The van der Waals surface area contributed by atoms with Crippen LogP contribution in [0.5, 0.6) is 5.75 Å². The molecule has 0 aromatic heterocycles. The lowest BCUT2D eigenvalue weighted by atomic mass is 9.87. The Morgan fingerprint density at radius 2 is 1.71 bits per heavy atom. The van der Waals surface area contributed by atoms with Gasteiger partial charge in [0.05, 0.1) is 17.7 Å². The number of amides is 2. The Balaban J connectivity index is 1.65. The molecule has 35 heavy (non-hydrogen) atoms. The highest BCUT2D eigenvalue weighted by atomic mass is 19.4. The van der Waals surface area contributed by atoms with Crippen LogP contribution in [0.1, 0.15) is 30.0 Å². The van der Waals surface area contributed by atoms with Crippen LogP contribution in [-0.4, -0.2) is 60.5 Å². The summed E-state index contributed by atoms with van der Waals surface area (Å²) in [6.07, 6.45) is -3.40. The summed E-state index contributed by atoms with van der Waals surface area (Å²) >= 11 is 0. The van der Waals surface area contributed by atoms with Gasteiger partial charge in [0, 0.05) is 33.5 Å². The van der Waals surface area contributed by atoms with E-state index in [1.165, 1.54) is 26.2 Å². The summed E-state index contributed by atoms with van der Waals surface area (Å²) in [7, 11) is 3.02. The summed E-state index contributed by atoms with van der Waals surface area (Å²) in [6.45, 7) is 2.11. The highest BCUT2D eigenvalue weighted by Crippen LogP contribution is 2.32. The predicted octanol–water partition coefficient (Wildman–Crippen LogP) is 4.14. The van der Waals surface area contributed by atoms with E-state index < -0.39 is 28.8 Å². The molecule has 0 aliphatic carbocycles. The van der Waals surface area contributed by atoms with Gasteiger partial charge in [-0.2, -0.15) is 13.2 Å². The molecule has 1 saturated heterocycles. The fourth-order valence-corrected chi connectivity index (χ4v) is 4.10. The third kappa shape index (κ3) is 6.05. The quantitative estimate of drug-likeness (QED) is 0.518. The van der Waals surface area contributed by atoms with E-state index in [0.717, 1.165) is 17.7 Å². The molecule has 0 radical (unpaired) electrons. The number of methoxy groups -OCH3 is 1. The maximum Gasteiger partial charge on any atom is 0.416 e. The van der Waals surface area contributed by atoms with Gasteiger partial charge in [0.15, 0.2) is 5.60 Å². The smallest absolute Gasteiger partial charge is 0.416 e. The number of likely N-dealkylation sites (N-methyl/N-ethyl adjacent to an activating group) is 1. The van der Waals surface area contributed by atoms with E-state index in [1.54, 1.807) is 36.2 Å². The molecule has 2 aromatic carbocycles. The van der Waals surface area contributed by atoms with Gasteiger partial charge in [0.1, 0.15) is 5.75 Å². The monoisotopic (exact) mass is 494 g/mol. The topological polar surface area (TPSA) is 88.1 Å². The molecule has 2 aromatic rings. The third-order valence-corrected chi connectivity index (χ3v) is 6.60. The van der Waals surface area contributed by atoms with Crippen molar-refractivity contribution in [3.8, 4) is 5.75 Å². The molecule has 2 atom stereocenters. The Bertz CT molecular complexity index is 1040. The van der Waals surface area contributed by atoms with Crippen molar-refractivity contribution in [2.75, 3.05) is 27.3 Å². The van der Waals surface area contributed by atoms with Crippen molar-refractivity contribution in [3.63, 3.8) is 0 Å². The van der Waals surface area contributed by atoms with Crippen LogP contribution in [0.15, 0.2) is 48.5 Å². The number of alkyl halides is 3. The molecule has 190 valence electrons. The molecule has 0 spiro atoms. The molecule has 1 aliphatic rings. The lowest BCUT2D eigenvalue weighted by Gasteiger charge is -2.35. The van der Waals surface area contributed by atoms with Crippen LogP contribution >= 0.6 is 0 Å². The average Bonchev–Trinajstić information content (AvgIpc) is 3.08. The van der Waals surface area contributed by atoms with E-state index in [-0.39, 0.29) is 19.1 Å². The molecular formula is C25H29F3N2O5. The molecule has 2 N–H and O–H groups in total. The van der Waals surface area contributed by atoms with Crippen LogP contribution < -0.4 is 10.1 Å². The molecule has 0 saturated carbocycles. The minimum atomic E-state index is -4.41. The number of nitrogens with one attached hydrogen (secondary N) is 1. The Labute approximate surface area is 201 Å². The number of nitrogens with zero attached hydrogens (tertiary/aromatic N) is 1. The highest BCUT2D eigenvalue weighted by molar-refractivity contribution is 5.78. The van der Waals surface area contributed by atoms with Gasteiger partial charge in [-0.05, 0) is 48.7 Å². The number of halogens is 3. The lowest BCUT2D eigenvalue weighted by molar-refractivity contribution is -0.159.